The zero-order valence-electron chi connectivity index (χ0n) is 10.6. The maximum Gasteiger partial charge on any atom is 0.258 e. The maximum absolute atomic E-state index is 11.7. The van der Waals surface area contributed by atoms with Crippen LogP contribution in [0.15, 0.2) is 53.6 Å². The molecule has 0 unspecified atom stereocenters. The van der Waals surface area contributed by atoms with Gasteiger partial charge >= 0.3 is 0 Å². The highest BCUT2D eigenvalue weighted by Crippen LogP contribution is 2.23. The number of H-pyrrole nitrogens is 1. The van der Waals surface area contributed by atoms with Crippen molar-refractivity contribution in [3.63, 3.8) is 0 Å². The average molecular weight is 264 g/mol. The van der Waals surface area contributed by atoms with Crippen LogP contribution in [0.5, 0.6) is 5.75 Å². The minimum Gasteiger partial charge on any atom is -0.506 e. The van der Waals surface area contributed by atoms with E-state index in [1.807, 2.05) is 42.5 Å². The average Bonchev–Trinajstić information content (AvgIpc) is 2.47. The number of benzene rings is 2. The number of phenolic OH excluding ortho intramolecular Hbond substituents is 1. The second kappa shape index (κ2) is 5.01. The van der Waals surface area contributed by atoms with Crippen molar-refractivity contribution in [2.24, 2.45) is 0 Å². The molecule has 0 aliphatic carbocycles. The Bertz CT molecular complexity index is 836. The summed E-state index contributed by atoms with van der Waals surface area (Å²) in [5, 5.41) is 10.3. The summed E-state index contributed by atoms with van der Waals surface area (Å²) in [6, 6.07) is 13.1. The van der Waals surface area contributed by atoms with Crippen LogP contribution in [0.25, 0.3) is 23.1 Å². The molecule has 4 heteroatoms. The summed E-state index contributed by atoms with van der Waals surface area (Å²) in [4.78, 5) is 18.2. The van der Waals surface area contributed by atoms with Gasteiger partial charge in [-0.15, -0.1) is 0 Å². The van der Waals surface area contributed by atoms with Crippen molar-refractivity contribution in [3.8, 4) is 5.75 Å². The van der Waals surface area contributed by atoms with Crippen molar-refractivity contribution in [2.45, 2.75) is 0 Å². The van der Waals surface area contributed by atoms with Gasteiger partial charge in [-0.05, 0) is 23.3 Å². The fourth-order valence-electron chi connectivity index (χ4n) is 2.04. The maximum atomic E-state index is 11.7. The molecule has 0 aliphatic rings. The lowest BCUT2D eigenvalue weighted by molar-refractivity contribution is 0.480. The molecule has 0 spiro atoms. The number of aromatic amines is 1. The Labute approximate surface area is 115 Å². The minimum atomic E-state index is -0.264. The Kier molecular flexibility index (Phi) is 3.05. The molecule has 20 heavy (non-hydrogen) atoms. The highest BCUT2D eigenvalue weighted by Gasteiger charge is 2.05. The van der Waals surface area contributed by atoms with E-state index in [9.17, 15) is 9.90 Å². The number of nitrogens with zero attached hydrogens (tertiary/aromatic N) is 1. The third-order valence-corrected chi connectivity index (χ3v) is 3.01. The van der Waals surface area contributed by atoms with Gasteiger partial charge in [-0.25, -0.2) is 4.98 Å². The Balaban J connectivity index is 2.07. The van der Waals surface area contributed by atoms with Crippen molar-refractivity contribution in [2.75, 3.05) is 0 Å². The van der Waals surface area contributed by atoms with Crippen molar-refractivity contribution in [1.29, 1.82) is 0 Å². The van der Waals surface area contributed by atoms with E-state index in [1.54, 1.807) is 12.1 Å². The third kappa shape index (κ3) is 2.31. The lowest BCUT2D eigenvalue weighted by Gasteiger charge is -2.01. The molecule has 0 aliphatic heterocycles. The van der Waals surface area contributed by atoms with Crippen molar-refractivity contribution in [1.82, 2.24) is 9.97 Å². The zero-order chi connectivity index (χ0) is 13.9. The first-order valence-electron chi connectivity index (χ1n) is 6.17. The normalized spacial score (nSPS) is 11.2. The standard InChI is InChI=1S/C16H12N2O2/c19-14-9-12(7-6-11-4-2-1-3-5-11)8-13-15(14)17-10-18-16(13)20/h1-10,19H,(H,17,18,20). The van der Waals surface area contributed by atoms with E-state index in [0.717, 1.165) is 11.1 Å². The predicted octanol–water partition coefficient (Wildman–Crippen LogP) is 2.80. The highest BCUT2D eigenvalue weighted by molar-refractivity contribution is 5.87. The summed E-state index contributed by atoms with van der Waals surface area (Å²) in [5.74, 6) is 0.00121. The van der Waals surface area contributed by atoms with Gasteiger partial charge in [0.15, 0.2) is 0 Å². The number of hydrogen-bond donors (Lipinski definition) is 2. The van der Waals surface area contributed by atoms with Gasteiger partial charge in [0.25, 0.3) is 5.56 Å². The minimum absolute atomic E-state index is 0.00121. The number of rotatable bonds is 2. The van der Waals surface area contributed by atoms with Crippen LogP contribution in [0.3, 0.4) is 0 Å². The van der Waals surface area contributed by atoms with Crippen LogP contribution in [0.4, 0.5) is 0 Å². The van der Waals surface area contributed by atoms with Gasteiger partial charge in [-0.2, -0.15) is 0 Å². The molecule has 1 heterocycles. The molecular weight excluding hydrogens is 252 g/mol. The van der Waals surface area contributed by atoms with Crippen molar-refractivity contribution < 1.29 is 5.11 Å². The molecule has 98 valence electrons. The summed E-state index contributed by atoms with van der Waals surface area (Å²) < 4.78 is 0. The van der Waals surface area contributed by atoms with Gasteiger partial charge in [0.2, 0.25) is 0 Å². The first kappa shape index (κ1) is 12.2. The van der Waals surface area contributed by atoms with Crippen LogP contribution in [0.2, 0.25) is 0 Å². The molecule has 1 aromatic heterocycles. The fourth-order valence-corrected chi connectivity index (χ4v) is 2.04. The molecule has 3 rings (SSSR count). The Morgan fingerprint density at radius 2 is 1.80 bits per heavy atom. The Hall–Kier alpha value is -2.88. The number of fused-ring (bicyclic) bond motifs is 1. The summed E-state index contributed by atoms with van der Waals surface area (Å²) in [7, 11) is 0. The molecule has 0 radical (unpaired) electrons. The summed E-state index contributed by atoms with van der Waals surface area (Å²) in [6.07, 6.45) is 5.05. The van der Waals surface area contributed by atoms with Gasteiger partial charge in [-0.1, -0.05) is 42.5 Å². The number of hydrogen-bond acceptors (Lipinski definition) is 3. The monoisotopic (exact) mass is 264 g/mol. The van der Waals surface area contributed by atoms with Gasteiger partial charge < -0.3 is 10.1 Å². The molecule has 4 nitrogen and oxygen atoms in total. The number of aromatic nitrogens is 2. The van der Waals surface area contributed by atoms with Crippen molar-refractivity contribution in [3.05, 3.63) is 70.3 Å². The Morgan fingerprint density at radius 1 is 1.05 bits per heavy atom. The molecule has 0 saturated carbocycles. The SMILES string of the molecule is O=c1[nH]cnc2c(O)cc(C=Cc3ccccc3)cc12. The van der Waals surface area contributed by atoms with Crippen LogP contribution in [-0.2, 0) is 0 Å². The smallest absolute Gasteiger partial charge is 0.258 e. The quantitative estimate of drug-likeness (QED) is 0.699. The topological polar surface area (TPSA) is 66.0 Å². The van der Waals surface area contributed by atoms with E-state index in [2.05, 4.69) is 9.97 Å². The van der Waals surface area contributed by atoms with Gasteiger partial charge in [-0.3, -0.25) is 4.79 Å². The van der Waals surface area contributed by atoms with E-state index in [4.69, 9.17) is 0 Å². The van der Waals surface area contributed by atoms with Gasteiger partial charge in [0.05, 0.1) is 11.7 Å². The lowest BCUT2D eigenvalue weighted by atomic mass is 10.1. The second-order valence-electron chi connectivity index (χ2n) is 4.41. The molecule has 0 saturated heterocycles. The summed E-state index contributed by atoms with van der Waals surface area (Å²) >= 11 is 0. The zero-order valence-corrected chi connectivity index (χ0v) is 10.6. The second-order valence-corrected chi connectivity index (χ2v) is 4.41. The van der Waals surface area contributed by atoms with E-state index in [0.29, 0.717) is 10.9 Å². The molecule has 3 aromatic rings. The fraction of sp³-hybridized carbons (Fsp3) is 0. The highest BCUT2D eigenvalue weighted by atomic mass is 16.3. The summed E-state index contributed by atoms with van der Waals surface area (Å²) in [6.45, 7) is 0. The molecule has 0 atom stereocenters. The number of nitrogens with one attached hydrogen (secondary N) is 1. The first-order chi connectivity index (χ1) is 9.74. The van der Waals surface area contributed by atoms with Crippen molar-refractivity contribution >= 4 is 23.1 Å². The van der Waals surface area contributed by atoms with E-state index < -0.39 is 0 Å². The van der Waals surface area contributed by atoms with Gasteiger partial charge in [0, 0.05) is 0 Å². The number of phenols is 1. The summed E-state index contributed by atoms with van der Waals surface area (Å²) in [5.41, 5.74) is 1.84. The molecule has 0 fully saturated rings. The van der Waals surface area contributed by atoms with Crippen LogP contribution in [0, 0.1) is 0 Å². The van der Waals surface area contributed by atoms with E-state index >= 15 is 0 Å². The van der Waals surface area contributed by atoms with E-state index in [-0.39, 0.29) is 11.3 Å². The first-order valence-corrected chi connectivity index (χ1v) is 6.17. The van der Waals surface area contributed by atoms with Crippen LogP contribution >= 0.6 is 0 Å². The third-order valence-electron chi connectivity index (χ3n) is 3.01. The predicted molar refractivity (Wildman–Crippen MR) is 79.4 cm³/mol. The van der Waals surface area contributed by atoms with Gasteiger partial charge in [0.1, 0.15) is 11.3 Å². The lowest BCUT2D eigenvalue weighted by Crippen LogP contribution is -2.06. The number of aromatic hydroxyl groups is 1. The van der Waals surface area contributed by atoms with Crippen LogP contribution < -0.4 is 5.56 Å². The molecule has 2 aromatic carbocycles. The molecule has 2 N–H and O–H groups in total. The molecule has 0 amide bonds. The largest absolute Gasteiger partial charge is 0.506 e. The Morgan fingerprint density at radius 3 is 2.60 bits per heavy atom. The van der Waals surface area contributed by atoms with Crippen LogP contribution in [-0.4, -0.2) is 15.1 Å². The van der Waals surface area contributed by atoms with Crippen LogP contribution in [0.1, 0.15) is 11.1 Å². The molecule has 0 bridgehead atoms. The molecular formula is C16H12N2O2. The van der Waals surface area contributed by atoms with E-state index in [1.165, 1.54) is 6.33 Å².